The molecular formula is C7H3Br5O2S. The molecule has 0 saturated carbocycles. The monoisotopic (exact) mass is 546 g/mol. The van der Waals surface area contributed by atoms with Crippen LogP contribution in [0.3, 0.4) is 0 Å². The Labute approximate surface area is 130 Å². The highest BCUT2D eigenvalue weighted by Gasteiger charge is 2.38. The zero-order valence-electron chi connectivity index (χ0n) is 6.85. The van der Waals surface area contributed by atoms with E-state index in [2.05, 4.69) is 79.6 Å². The fourth-order valence-electron chi connectivity index (χ4n) is 0.818. The molecule has 84 valence electrons. The van der Waals surface area contributed by atoms with E-state index in [1.807, 2.05) is 0 Å². The third kappa shape index (κ3) is 3.28. The summed E-state index contributed by atoms with van der Waals surface area (Å²) in [6.45, 7) is 0. The molecule has 0 aliphatic heterocycles. The van der Waals surface area contributed by atoms with Crippen molar-refractivity contribution in [1.82, 2.24) is 0 Å². The topological polar surface area (TPSA) is 34.1 Å². The smallest absolute Gasteiger partial charge is 0.220 e. The molecule has 0 saturated heterocycles. The molecule has 0 unspecified atom stereocenters. The van der Waals surface area contributed by atoms with E-state index in [1.54, 1.807) is 12.1 Å². The summed E-state index contributed by atoms with van der Waals surface area (Å²) in [4.78, 5) is 0.191. The Kier molecular flexibility index (Phi) is 4.93. The summed E-state index contributed by atoms with van der Waals surface area (Å²) >= 11 is 15.5. The SMILES string of the molecule is O=S(=O)(c1ccc(Br)cc1Br)C(Br)(Br)Br. The Morgan fingerprint density at radius 2 is 1.60 bits per heavy atom. The third-order valence-corrected chi connectivity index (χ3v) is 8.28. The van der Waals surface area contributed by atoms with Crippen LogP contribution in [-0.2, 0) is 9.84 Å². The lowest BCUT2D eigenvalue weighted by Gasteiger charge is -2.14. The van der Waals surface area contributed by atoms with Gasteiger partial charge in [0, 0.05) is 8.95 Å². The first-order valence-electron chi connectivity index (χ1n) is 3.42. The number of hydrogen-bond acceptors (Lipinski definition) is 2. The molecule has 0 aliphatic carbocycles. The van der Waals surface area contributed by atoms with Crippen LogP contribution in [0.4, 0.5) is 0 Å². The Morgan fingerprint density at radius 1 is 1.07 bits per heavy atom. The van der Waals surface area contributed by atoms with Crippen molar-refractivity contribution in [2.24, 2.45) is 0 Å². The Balaban J connectivity index is 3.42. The number of hydrogen-bond donors (Lipinski definition) is 0. The van der Waals surface area contributed by atoms with E-state index in [9.17, 15) is 8.42 Å². The predicted molar refractivity (Wildman–Crippen MR) is 78.5 cm³/mol. The van der Waals surface area contributed by atoms with Crippen molar-refractivity contribution in [2.75, 3.05) is 0 Å². The second kappa shape index (κ2) is 5.06. The Bertz CT molecular complexity index is 477. The number of alkyl halides is 3. The van der Waals surface area contributed by atoms with Crippen LogP contribution in [0, 0.1) is 0 Å². The molecule has 0 amide bonds. The molecule has 0 fully saturated rings. The molecule has 0 atom stereocenters. The highest BCUT2D eigenvalue weighted by Crippen LogP contribution is 2.45. The van der Waals surface area contributed by atoms with Crippen LogP contribution in [0.2, 0.25) is 0 Å². The third-order valence-electron chi connectivity index (χ3n) is 1.49. The molecule has 1 aromatic rings. The lowest BCUT2D eigenvalue weighted by atomic mass is 10.4. The predicted octanol–water partition coefficient (Wildman–Crippen LogP) is 4.78. The van der Waals surface area contributed by atoms with Crippen molar-refractivity contribution in [3.8, 4) is 0 Å². The molecule has 0 aliphatic rings. The van der Waals surface area contributed by atoms with Gasteiger partial charge >= 0.3 is 0 Å². The maximum Gasteiger partial charge on any atom is 0.239 e. The maximum absolute atomic E-state index is 12.0. The number of rotatable bonds is 1. The zero-order valence-corrected chi connectivity index (χ0v) is 15.6. The van der Waals surface area contributed by atoms with Crippen LogP contribution in [0.15, 0.2) is 32.0 Å². The number of benzene rings is 1. The molecule has 2 nitrogen and oxygen atoms in total. The number of sulfone groups is 1. The molecule has 8 heteroatoms. The molecule has 0 N–H and O–H groups in total. The van der Waals surface area contributed by atoms with Crippen LogP contribution < -0.4 is 0 Å². The Morgan fingerprint density at radius 3 is 2.00 bits per heavy atom. The summed E-state index contributed by atoms with van der Waals surface area (Å²) in [7, 11) is -3.54. The molecule has 0 heterocycles. The average Bonchev–Trinajstić information content (AvgIpc) is 2.00. The minimum absolute atomic E-state index is 0.191. The zero-order chi connectivity index (χ0) is 11.9. The van der Waals surface area contributed by atoms with E-state index in [0.717, 1.165) is 4.47 Å². The first-order chi connectivity index (χ1) is 6.66. The van der Waals surface area contributed by atoms with Gasteiger partial charge in [-0.3, -0.25) is 0 Å². The largest absolute Gasteiger partial charge is 0.239 e. The molecule has 0 aromatic heterocycles. The van der Waals surface area contributed by atoms with Crippen LogP contribution >= 0.6 is 79.6 Å². The summed E-state index contributed by atoms with van der Waals surface area (Å²) in [5.41, 5.74) is 0. The van der Waals surface area contributed by atoms with E-state index in [0.29, 0.717) is 4.47 Å². The second-order valence-electron chi connectivity index (χ2n) is 2.52. The normalized spacial score (nSPS) is 12.9. The summed E-state index contributed by atoms with van der Waals surface area (Å²) in [6, 6.07) is 4.85. The fraction of sp³-hybridized carbons (Fsp3) is 0.143. The fourth-order valence-corrected chi connectivity index (χ4v) is 4.89. The van der Waals surface area contributed by atoms with Crippen molar-refractivity contribution < 1.29 is 8.42 Å². The second-order valence-corrected chi connectivity index (χ2v) is 14.7. The molecule has 1 aromatic carbocycles. The van der Waals surface area contributed by atoms with Crippen LogP contribution in [-0.4, -0.2) is 9.89 Å². The van der Waals surface area contributed by atoms with E-state index in [-0.39, 0.29) is 4.90 Å². The summed E-state index contributed by atoms with van der Waals surface area (Å²) < 4.78 is 24.0. The lowest BCUT2D eigenvalue weighted by Crippen LogP contribution is -2.18. The van der Waals surface area contributed by atoms with Gasteiger partial charge in [0.05, 0.1) is 4.90 Å². The van der Waals surface area contributed by atoms with Crippen molar-refractivity contribution >= 4 is 89.5 Å². The molecule has 0 spiro atoms. The van der Waals surface area contributed by atoms with Crippen molar-refractivity contribution in [1.29, 1.82) is 0 Å². The standard InChI is InChI=1S/C7H3Br5O2S/c8-4-1-2-6(5(9)3-4)15(13,14)7(10,11)12/h1-3H. The quantitative estimate of drug-likeness (QED) is 0.472. The van der Waals surface area contributed by atoms with Gasteiger partial charge in [-0.15, -0.1) is 0 Å². The number of halogens is 5. The van der Waals surface area contributed by atoms with E-state index < -0.39 is 11.3 Å². The van der Waals surface area contributed by atoms with Gasteiger partial charge in [-0.25, -0.2) is 8.42 Å². The summed E-state index contributed by atoms with van der Waals surface area (Å²) in [5.74, 6) is 0. The minimum atomic E-state index is -3.54. The van der Waals surface area contributed by atoms with Crippen molar-refractivity contribution in [3.05, 3.63) is 27.1 Å². The first-order valence-corrected chi connectivity index (χ1v) is 8.87. The molecule has 15 heavy (non-hydrogen) atoms. The maximum atomic E-state index is 12.0. The van der Waals surface area contributed by atoms with Gasteiger partial charge in [0.15, 0.2) is 0 Å². The highest BCUT2D eigenvalue weighted by atomic mass is 80.0. The van der Waals surface area contributed by atoms with Crippen molar-refractivity contribution in [3.63, 3.8) is 0 Å². The van der Waals surface area contributed by atoms with Gasteiger partial charge in [-0.05, 0) is 81.9 Å². The van der Waals surface area contributed by atoms with Gasteiger partial charge in [-0.1, -0.05) is 15.9 Å². The van der Waals surface area contributed by atoms with Crippen LogP contribution in [0.5, 0.6) is 0 Å². The van der Waals surface area contributed by atoms with Gasteiger partial charge in [0.25, 0.3) is 0 Å². The van der Waals surface area contributed by atoms with Gasteiger partial charge in [-0.2, -0.15) is 0 Å². The van der Waals surface area contributed by atoms with Gasteiger partial charge in [0.2, 0.25) is 11.3 Å². The van der Waals surface area contributed by atoms with E-state index >= 15 is 0 Å². The minimum Gasteiger partial charge on any atom is -0.220 e. The summed E-state index contributed by atoms with van der Waals surface area (Å²) in [6.07, 6.45) is 0. The molecule has 0 radical (unpaired) electrons. The van der Waals surface area contributed by atoms with E-state index in [1.165, 1.54) is 6.07 Å². The van der Waals surface area contributed by atoms with Crippen LogP contribution in [0.25, 0.3) is 0 Å². The van der Waals surface area contributed by atoms with Gasteiger partial charge < -0.3 is 0 Å². The lowest BCUT2D eigenvalue weighted by molar-refractivity contribution is 0.598. The average molecular weight is 551 g/mol. The molecular weight excluding hydrogens is 548 g/mol. The van der Waals surface area contributed by atoms with Crippen LogP contribution in [0.1, 0.15) is 0 Å². The molecule has 0 bridgehead atoms. The van der Waals surface area contributed by atoms with Gasteiger partial charge in [0.1, 0.15) is 0 Å². The molecule has 1 rings (SSSR count). The highest BCUT2D eigenvalue weighted by molar-refractivity contribution is 9.42. The Hall–Kier alpha value is 1.57. The van der Waals surface area contributed by atoms with Crippen molar-refractivity contribution in [2.45, 2.75) is 6.37 Å². The first kappa shape index (κ1) is 14.6. The summed E-state index contributed by atoms with van der Waals surface area (Å²) in [5, 5.41) is 0. The van der Waals surface area contributed by atoms with E-state index in [4.69, 9.17) is 0 Å².